The molecule has 0 aliphatic carbocycles. The van der Waals surface area contributed by atoms with Crippen LogP contribution < -0.4 is 5.32 Å². The largest absolute Gasteiger partial charge is 0.331 e. The van der Waals surface area contributed by atoms with E-state index in [1.807, 2.05) is 18.2 Å². The Kier molecular flexibility index (Phi) is 5.64. The highest BCUT2D eigenvalue weighted by molar-refractivity contribution is 5.22. The molecule has 1 aliphatic rings. The van der Waals surface area contributed by atoms with Crippen molar-refractivity contribution < 1.29 is 9.47 Å². The Hall–Kier alpha value is -2.46. The summed E-state index contributed by atoms with van der Waals surface area (Å²) in [6.45, 7) is 2.13. The van der Waals surface area contributed by atoms with Gasteiger partial charge in [-0.05, 0) is 23.6 Å². The van der Waals surface area contributed by atoms with Crippen molar-refractivity contribution in [1.82, 2.24) is 5.32 Å². The molecule has 1 aliphatic heterocycles. The molecule has 4 rings (SSSR count). The normalized spacial score (nSPS) is 23.7. The zero-order valence-corrected chi connectivity index (χ0v) is 15.5. The fraction of sp³-hybridized carbons (Fsp3) is 0.250. The van der Waals surface area contributed by atoms with Crippen LogP contribution in [-0.2, 0) is 9.47 Å². The molecule has 1 heterocycles. The van der Waals surface area contributed by atoms with Crippen LogP contribution in [0, 0.1) is 0 Å². The zero-order valence-electron chi connectivity index (χ0n) is 15.5. The van der Waals surface area contributed by atoms with Crippen LogP contribution in [0.4, 0.5) is 0 Å². The average molecular weight is 359 g/mol. The van der Waals surface area contributed by atoms with Crippen LogP contribution in [0.3, 0.4) is 0 Å². The lowest BCUT2D eigenvalue weighted by Crippen LogP contribution is -2.41. The van der Waals surface area contributed by atoms with E-state index in [9.17, 15) is 0 Å². The lowest BCUT2D eigenvalue weighted by molar-refractivity contribution is -0.263. The highest BCUT2D eigenvalue weighted by Gasteiger charge is 2.32. The van der Waals surface area contributed by atoms with E-state index in [0.29, 0.717) is 0 Å². The van der Waals surface area contributed by atoms with Gasteiger partial charge in [0, 0.05) is 12.5 Å². The molecule has 1 saturated heterocycles. The summed E-state index contributed by atoms with van der Waals surface area (Å²) in [6.07, 6.45) is 0.312. The van der Waals surface area contributed by atoms with E-state index in [0.717, 1.165) is 6.42 Å². The van der Waals surface area contributed by atoms with Gasteiger partial charge in [0.2, 0.25) is 6.41 Å². The van der Waals surface area contributed by atoms with E-state index in [-0.39, 0.29) is 18.2 Å². The van der Waals surface area contributed by atoms with Crippen molar-refractivity contribution in [1.29, 1.82) is 0 Å². The molecule has 0 bridgehead atoms. The molecule has 0 radical (unpaired) electrons. The van der Waals surface area contributed by atoms with Crippen LogP contribution in [-0.4, -0.2) is 6.41 Å². The smallest absolute Gasteiger partial charge is 0.217 e. The summed E-state index contributed by atoms with van der Waals surface area (Å²) in [7, 11) is 0. The van der Waals surface area contributed by atoms with Gasteiger partial charge < -0.3 is 9.47 Å². The maximum absolute atomic E-state index is 6.28. The van der Waals surface area contributed by atoms with E-state index in [1.54, 1.807) is 0 Å². The SMILES string of the molecule is CC(NC1O[C@H](c2ccccc2)C[C@@H](c2ccccc2)O1)c1ccccc1. The van der Waals surface area contributed by atoms with Crippen LogP contribution in [0.5, 0.6) is 0 Å². The second-order valence-corrected chi connectivity index (χ2v) is 6.94. The van der Waals surface area contributed by atoms with Crippen molar-refractivity contribution in [2.45, 2.75) is 38.0 Å². The first-order valence-corrected chi connectivity index (χ1v) is 9.51. The van der Waals surface area contributed by atoms with Crippen LogP contribution in [0.1, 0.15) is 48.3 Å². The minimum atomic E-state index is -0.468. The molecule has 3 nitrogen and oxygen atoms in total. The first-order valence-electron chi connectivity index (χ1n) is 9.51. The van der Waals surface area contributed by atoms with Crippen molar-refractivity contribution in [3.05, 3.63) is 108 Å². The molecule has 3 heteroatoms. The molecule has 1 unspecified atom stereocenters. The van der Waals surface area contributed by atoms with Crippen molar-refractivity contribution >= 4 is 0 Å². The summed E-state index contributed by atoms with van der Waals surface area (Å²) in [5.74, 6) is 0. The second-order valence-electron chi connectivity index (χ2n) is 6.94. The van der Waals surface area contributed by atoms with E-state index < -0.39 is 6.41 Å². The van der Waals surface area contributed by atoms with Gasteiger partial charge in [-0.25, -0.2) is 0 Å². The average Bonchev–Trinajstić information content (AvgIpc) is 2.75. The van der Waals surface area contributed by atoms with Gasteiger partial charge in [-0.2, -0.15) is 0 Å². The van der Waals surface area contributed by atoms with Crippen LogP contribution in [0.15, 0.2) is 91.0 Å². The lowest BCUT2D eigenvalue weighted by atomic mass is 9.98. The third-order valence-electron chi connectivity index (χ3n) is 5.03. The Morgan fingerprint density at radius 2 is 1.15 bits per heavy atom. The highest BCUT2D eigenvalue weighted by Crippen LogP contribution is 2.38. The first-order chi connectivity index (χ1) is 13.3. The van der Waals surface area contributed by atoms with E-state index in [2.05, 4.69) is 85.0 Å². The maximum Gasteiger partial charge on any atom is 0.217 e. The Labute approximate surface area is 161 Å². The van der Waals surface area contributed by atoms with Crippen molar-refractivity contribution in [3.8, 4) is 0 Å². The second kappa shape index (κ2) is 8.49. The summed E-state index contributed by atoms with van der Waals surface area (Å²) in [4.78, 5) is 0. The summed E-state index contributed by atoms with van der Waals surface area (Å²) in [5.41, 5.74) is 3.57. The third-order valence-corrected chi connectivity index (χ3v) is 5.03. The highest BCUT2D eigenvalue weighted by atomic mass is 16.7. The number of hydrogen-bond donors (Lipinski definition) is 1. The van der Waals surface area contributed by atoms with Gasteiger partial charge in [0.25, 0.3) is 0 Å². The Morgan fingerprint density at radius 3 is 1.63 bits per heavy atom. The number of rotatable bonds is 5. The van der Waals surface area contributed by atoms with Gasteiger partial charge >= 0.3 is 0 Å². The van der Waals surface area contributed by atoms with E-state index in [4.69, 9.17) is 9.47 Å². The molecule has 3 aromatic rings. The van der Waals surface area contributed by atoms with Crippen LogP contribution in [0.25, 0.3) is 0 Å². The summed E-state index contributed by atoms with van der Waals surface area (Å²) in [6, 6.07) is 31.3. The molecule has 3 atom stereocenters. The lowest BCUT2D eigenvalue weighted by Gasteiger charge is -2.37. The minimum Gasteiger partial charge on any atom is -0.331 e. The fourth-order valence-corrected chi connectivity index (χ4v) is 3.52. The molecule has 3 aromatic carbocycles. The standard InChI is InChI=1S/C24H25NO2/c1-18(19-11-5-2-6-12-19)25-24-26-22(20-13-7-3-8-14-20)17-23(27-24)21-15-9-4-10-16-21/h2-16,18,22-25H,17H2,1H3/t18?,22-,23-/m0/s1. The summed E-state index contributed by atoms with van der Waals surface area (Å²) < 4.78 is 12.6. The number of benzene rings is 3. The number of hydrogen-bond acceptors (Lipinski definition) is 3. The number of ether oxygens (including phenoxy) is 2. The van der Waals surface area contributed by atoms with Gasteiger partial charge in [-0.15, -0.1) is 0 Å². The van der Waals surface area contributed by atoms with Gasteiger partial charge in [0.1, 0.15) is 0 Å². The summed E-state index contributed by atoms with van der Waals surface area (Å²) in [5, 5.41) is 3.49. The maximum atomic E-state index is 6.28. The van der Waals surface area contributed by atoms with Gasteiger partial charge in [-0.3, -0.25) is 5.32 Å². The Morgan fingerprint density at radius 1 is 0.704 bits per heavy atom. The molecular formula is C24H25NO2. The zero-order chi connectivity index (χ0) is 18.5. The molecule has 0 saturated carbocycles. The van der Waals surface area contributed by atoms with E-state index in [1.165, 1.54) is 16.7 Å². The molecule has 1 fully saturated rings. The molecule has 0 amide bonds. The fourth-order valence-electron chi connectivity index (χ4n) is 3.52. The predicted molar refractivity (Wildman–Crippen MR) is 107 cm³/mol. The van der Waals surface area contributed by atoms with Crippen molar-refractivity contribution in [2.75, 3.05) is 0 Å². The van der Waals surface area contributed by atoms with Gasteiger partial charge in [0.05, 0.1) is 12.2 Å². The molecule has 0 aromatic heterocycles. The molecule has 0 spiro atoms. The van der Waals surface area contributed by atoms with Crippen LogP contribution >= 0.6 is 0 Å². The van der Waals surface area contributed by atoms with Crippen molar-refractivity contribution in [3.63, 3.8) is 0 Å². The van der Waals surface area contributed by atoms with Gasteiger partial charge in [0.15, 0.2) is 0 Å². The quantitative estimate of drug-likeness (QED) is 0.649. The number of nitrogens with one attached hydrogen (secondary N) is 1. The Bertz CT molecular complexity index is 773. The Balaban J connectivity index is 1.55. The predicted octanol–water partition coefficient (Wildman–Crippen LogP) is 5.54. The topological polar surface area (TPSA) is 30.5 Å². The minimum absolute atomic E-state index is 0.00868. The molecule has 138 valence electrons. The summed E-state index contributed by atoms with van der Waals surface area (Å²) >= 11 is 0. The van der Waals surface area contributed by atoms with E-state index >= 15 is 0 Å². The monoisotopic (exact) mass is 359 g/mol. The van der Waals surface area contributed by atoms with Gasteiger partial charge in [-0.1, -0.05) is 91.0 Å². The van der Waals surface area contributed by atoms with Crippen molar-refractivity contribution in [2.24, 2.45) is 0 Å². The third kappa shape index (κ3) is 4.45. The molecule has 1 N–H and O–H groups in total. The van der Waals surface area contributed by atoms with Crippen LogP contribution in [0.2, 0.25) is 0 Å². The molecule has 27 heavy (non-hydrogen) atoms. The first kappa shape index (κ1) is 17.9. The molecular weight excluding hydrogens is 334 g/mol.